The third-order valence-electron chi connectivity index (χ3n) is 3.38. The lowest BCUT2D eigenvalue weighted by Crippen LogP contribution is -2.14. The first-order valence-corrected chi connectivity index (χ1v) is 7.99. The van der Waals surface area contributed by atoms with Gasteiger partial charge in [0.2, 0.25) is 0 Å². The van der Waals surface area contributed by atoms with Gasteiger partial charge in [0, 0.05) is 27.2 Å². The van der Waals surface area contributed by atoms with E-state index >= 15 is 0 Å². The van der Waals surface area contributed by atoms with Crippen LogP contribution in [-0.4, -0.2) is 12.8 Å². The van der Waals surface area contributed by atoms with E-state index < -0.39 is 5.97 Å². The monoisotopic (exact) mass is 364 g/mol. The molecule has 0 amide bonds. The molecule has 0 bridgehead atoms. The Balaban J connectivity index is 1.65. The lowest BCUT2D eigenvalue weighted by atomic mass is 10.1. The average molecular weight is 365 g/mol. The van der Waals surface area contributed by atoms with Gasteiger partial charge in [0.1, 0.15) is 12.4 Å². The number of carbonyl (C=O) groups is 1. The highest BCUT2D eigenvalue weighted by Gasteiger charge is 2.17. The van der Waals surface area contributed by atoms with Gasteiger partial charge in [0.15, 0.2) is 6.79 Å². The lowest BCUT2D eigenvalue weighted by molar-refractivity contribution is -0.139. The van der Waals surface area contributed by atoms with Crippen LogP contribution in [0, 0.1) is 0 Å². The van der Waals surface area contributed by atoms with Gasteiger partial charge in [-0.3, -0.25) is 0 Å². The molecule has 3 rings (SSSR count). The molecule has 1 heterocycles. The molecule has 0 aliphatic carbocycles. The van der Waals surface area contributed by atoms with Gasteiger partial charge in [-0.05, 0) is 35.9 Å². The maximum absolute atomic E-state index is 11.9. The van der Waals surface area contributed by atoms with E-state index in [2.05, 4.69) is 0 Å². The summed E-state index contributed by atoms with van der Waals surface area (Å²) in [5.74, 6) is 0.202. The van der Waals surface area contributed by atoms with Gasteiger partial charge in [-0.15, -0.1) is 0 Å². The number of rotatable bonds is 4. The molecule has 0 fully saturated rings. The number of benzene rings is 2. The summed E-state index contributed by atoms with van der Waals surface area (Å²) < 4.78 is 16.0. The molecule has 0 saturated heterocycles. The second kappa shape index (κ2) is 7.71. The molecule has 0 aromatic heterocycles. The van der Waals surface area contributed by atoms with Crippen LogP contribution in [0.5, 0.6) is 5.75 Å². The minimum Gasteiger partial charge on any atom is -0.467 e. The molecule has 0 saturated carbocycles. The van der Waals surface area contributed by atoms with Gasteiger partial charge >= 0.3 is 5.97 Å². The SMILES string of the molecule is O=C(/C=C/c1cccc(Cl)c1)OCc1cc(Cl)cc2c1OCOC2. The number of esters is 1. The maximum atomic E-state index is 11.9. The minimum absolute atomic E-state index is 0.0710. The highest BCUT2D eigenvalue weighted by atomic mass is 35.5. The van der Waals surface area contributed by atoms with E-state index in [0.717, 1.165) is 11.1 Å². The summed E-state index contributed by atoms with van der Waals surface area (Å²) >= 11 is 12.0. The van der Waals surface area contributed by atoms with Crippen molar-refractivity contribution in [2.75, 3.05) is 6.79 Å². The first-order valence-electron chi connectivity index (χ1n) is 7.24. The maximum Gasteiger partial charge on any atom is 0.331 e. The van der Waals surface area contributed by atoms with Crippen LogP contribution in [0.15, 0.2) is 42.5 Å². The van der Waals surface area contributed by atoms with Crippen molar-refractivity contribution in [1.82, 2.24) is 0 Å². The Labute approximate surface area is 149 Å². The standard InChI is InChI=1S/C18H14Cl2O4/c19-15-3-1-2-12(6-15)4-5-17(21)23-10-14-8-16(20)7-13-9-22-11-24-18(13)14/h1-8H,9-11H2/b5-4+. The number of fused-ring (bicyclic) bond motifs is 1. The van der Waals surface area contributed by atoms with Crippen LogP contribution in [0.4, 0.5) is 0 Å². The molecule has 0 N–H and O–H groups in total. The molecule has 4 nitrogen and oxygen atoms in total. The number of halogens is 2. The summed E-state index contributed by atoms with van der Waals surface area (Å²) in [6.07, 6.45) is 3.00. The van der Waals surface area contributed by atoms with Crippen molar-refractivity contribution in [2.24, 2.45) is 0 Å². The molecular weight excluding hydrogens is 351 g/mol. The zero-order valence-electron chi connectivity index (χ0n) is 12.6. The van der Waals surface area contributed by atoms with E-state index in [9.17, 15) is 4.79 Å². The Hall–Kier alpha value is -2.01. The largest absolute Gasteiger partial charge is 0.467 e. The number of carbonyl (C=O) groups excluding carboxylic acids is 1. The van der Waals surface area contributed by atoms with Crippen LogP contribution in [0.2, 0.25) is 10.0 Å². The van der Waals surface area contributed by atoms with Gasteiger partial charge in [0.25, 0.3) is 0 Å². The molecule has 1 aliphatic rings. The fraction of sp³-hybridized carbons (Fsp3) is 0.167. The topological polar surface area (TPSA) is 44.8 Å². The summed E-state index contributed by atoms with van der Waals surface area (Å²) in [6, 6.07) is 10.7. The molecule has 2 aromatic carbocycles. The molecule has 0 radical (unpaired) electrons. The summed E-state index contributed by atoms with van der Waals surface area (Å²) in [4.78, 5) is 11.9. The molecule has 6 heteroatoms. The van der Waals surface area contributed by atoms with Gasteiger partial charge < -0.3 is 14.2 Å². The van der Waals surface area contributed by atoms with Gasteiger partial charge in [-0.25, -0.2) is 4.79 Å². The van der Waals surface area contributed by atoms with Crippen molar-refractivity contribution >= 4 is 35.2 Å². The summed E-state index contributed by atoms with van der Waals surface area (Å²) in [7, 11) is 0. The summed E-state index contributed by atoms with van der Waals surface area (Å²) in [5.41, 5.74) is 2.37. The van der Waals surface area contributed by atoms with Crippen LogP contribution in [0.1, 0.15) is 16.7 Å². The molecule has 1 aliphatic heterocycles. The summed E-state index contributed by atoms with van der Waals surface area (Å²) in [5, 5.41) is 1.15. The van der Waals surface area contributed by atoms with E-state index in [1.807, 2.05) is 12.1 Å². The minimum atomic E-state index is -0.462. The van der Waals surface area contributed by atoms with Crippen LogP contribution in [0.3, 0.4) is 0 Å². The van der Waals surface area contributed by atoms with Gasteiger partial charge in [-0.1, -0.05) is 35.3 Å². The number of hydrogen-bond donors (Lipinski definition) is 0. The first kappa shape index (κ1) is 16.8. The highest BCUT2D eigenvalue weighted by Crippen LogP contribution is 2.32. The fourth-order valence-corrected chi connectivity index (χ4v) is 2.80. The number of hydrogen-bond acceptors (Lipinski definition) is 4. The van der Waals surface area contributed by atoms with Crippen LogP contribution in [0.25, 0.3) is 6.08 Å². The quantitative estimate of drug-likeness (QED) is 0.586. The van der Waals surface area contributed by atoms with Crippen molar-refractivity contribution in [3.8, 4) is 5.75 Å². The molecule has 2 aromatic rings. The molecule has 0 spiro atoms. The van der Waals surface area contributed by atoms with E-state index in [-0.39, 0.29) is 13.4 Å². The normalized spacial score (nSPS) is 13.4. The van der Waals surface area contributed by atoms with Crippen LogP contribution < -0.4 is 4.74 Å². The summed E-state index contributed by atoms with van der Waals surface area (Å²) in [6.45, 7) is 0.664. The molecule has 0 unspecified atom stereocenters. The Bertz CT molecular complexity index is 787. The van der Waals surface area contributed by atoms with Crippen LogP contribution in [-0.2, 0) is 27.5 Å². The highest BCUT2D eigenvalue weighted by molar-refractivity contribution is 6.31. The van der Waals surface area contributed by atoms with Gasteiger partial charge in [-0.2, -0.15) is 0 Å². The smallest absolute Gasteiger partial charge is 0.331 e. The van der Waals surface area contributed by atoms with E-state index in [1.165, 1.54) is 6.08 Å². The Kier molecular flexibility index (Phi) is 5.41. The van der Waals surface area contributed by atoms with E-state index in [1.54, 1.807) is 30.3 Å². The van der Waals surface area contributed by atoms with Crippen molar-refractivity contribution in [3.63, 3.8) is 0 Å². The van der Waals surface area contributed by atoms with Crippen molar-refractivity contribution < 1.29 is 19.0 Å². The molecular formula is C18H14Cl2O4. The third-order valence-corrected chi connectivity index (χ3v) is 3.84. The van der Waals surface area contributed by atoms with Crippen molar-refractivity contribution in [1.29, 1.82) is 0 Å². The van der Waals surface area contributed by atoms with Gasteiger partial charge in [0.05, 0.1) is 6.61 Å². The van der Waals surface area contributed by atoms with E-state index in [0.29, 0.717) is 28.0 Å². The number of ether oxygens (including phenoxy) is 3. The first-order chi connectivity index (χ1) is 11.6. The van der Waals surface area contributed by atoms with Crippen LogP contribution >= 0.6 is 23.2 Å². The van der Waals surface area contributed by atoms with Crippen molar-refractivity contribution in [3.05, 3.63) is 69.2 Å². The fourth-order valence-electron chi connectivity index (χ4n) is 2.34. The van der Waals surface area contributed by atoms with E-state index in [4.69, 9.17) is 37.4 Å². The zero-order valence-corrected chi connectivity index (χ0v) is 14.1. The predicted octanol–water partition coefficient (Wildman–Crippen LogP) is 4.62. The molecule has 124 valence electrons. The Morgan fingerprint density at radius 3 is 2.92 bits per heavy atom. The van der Waals surface area contributed by atoms with Crippen molar-refractivity contribution in [2.45, 2.75) is 13.2 Å². The Morgan fingerprint density at radius 2 is 2.08 bits per heavy atom. The molecule has 24 heavy (non-hydrogen) atoms. The second-order valence-electron chi connectivity index (χ2n) is 5.16. The Morgan fingerprint density at radius 1 is 1.21 bits per heavy atom. The molecule has 0 atom stereocenters. The predicted molar refractivity (Wildman–Crippen MR) is 92.0 cm³/mol. The average Bonchev–Trinajstić information content (AvgIpc) is 2.57. The zero-order chi connectivity index (χ0) is 16.9. The lowest BCUT2D eigenvalue weighted by Gasteiger charge is -2.20. The third kappa shape index (κ3) is 4.29. The second-order valence-corrected chi connectivity index (χ2v) is 6.03.